The largest absolute Gasteiger partial charge is 0.463 e. The molecule has 0 aliphatic carbocycles. The Morgan fingerprint density at radius 1 is 0.696 bits per heavy atom. The summed E-state index contributed by atoms with van der Waals surface area (Å²) >= 11 is 0. The van der Waals surface area contributed by atoms with Crippen molar-refractivity contribution in [3.8, 4) is 0 Å². The lowest BCUT2D eigenvalue weighted by Gasteiger charge is -2.35. The van der Waals surface area contributed by atoms with Gasteiger partial charge in [0.2, 0.25) is 0 Å². The molecule has 1 heterocycles. The Kier molecular flexibility index (Phi) is 24.8. The monoisotopic (exact) mass is 943 g/mol. The summed E-state index contributed by atoms with van der Waals surface area (Å²) in [6.07, 6.45) is -1.50. The van der Waals surface area contributed by atoms with Crippen molar-refractivity contribution in [3.05, 3.63) is 36.5 Å². The van der Waals surface area contributed by atoms with Gasteiger partial charge in [-0.25, -0.2) is 14.4 Å². The molecule has 1 fully saturated rings. The highest BCUT2D eigenvalue weighted by Gasteiger charge is 2.67. The van der Waals surface area contributed by atoms with Gasteiger partial charge in [-0.3, -0.25) is 9.13 Å². The highest BCUT2D eigenvalue weighted by molar-refractivity contribution is 7.82. The van der Waals surface area contributed by atoms with Crippen LogP contribution in [0.1, 0.15) is 33.1 Å². The van der Waals surface area contributed by atoms with Crippen LogP contribution < -0.4 is 0 Å². The summed E-state index contributed by atoms with van der Waals surface area (Å²) < 4.78 is 84.3. The number of ether oxygens (including phenoxy) is 3. The smallest absolute Gasteiger partial charge is 0.381 e. The first-order valence-corrected chi connectivity index (χ1v) is 33.4. The molecule has 0 saturated carbocycles. The Hall–Kier alpha value is -1.05. The molecular weight excluding hydrogens is 878 g/mol. The van der Waals surface area contributed by atoms with Gasteiger partial charge in [0.1, 0.15) is 28.6 Å². The molecule has 0 spiro atoms. The van der Waals surface area contributed by atoms with E-state index in [1.54, 1.807) is 13.8 Å². The maximum atomic E-state index is 12.2. The summed E-state index contributed by atoms with van der Waals surface area (Å²) in [5.74, 6) is -2.56. The molecule has 0 aromatic carbocycles. The molecule has 332 valence electrons. The number of hydrogen-bond donors (Lipinski definition) is 6. The number of cyclic esters (lactones) is 1. The second kappa shape index (κ2) is 22.5. The zero-order valence-corrected chi connectivity index (χ0v) is 41.1. The first-order valence-electron chi connectivity index (χ1n) is 16.3. The Bertz CT molecular complexity index is 1550. The molecule has 0 radical (unpaired) electrons. The van der Waals surface area contributed by atoms with Crippen molar-refractivity contribution in [2.24, 2.45) is 0 Å². The maximum absolute atomic E-state index is 12.2. The van der Waals surface area contributed by atoms with Gasteiger partial charge in [0, 0.05) is 44.8 Å². The van der Waals surface area contributed by atoms with E-state index in [9.17, 15) is 52.0 Å². The van der Waals surface area contributed by atoms with Gasteiger partial charge in [0.15, 0.2) is 10.2 Å². The number of aliphatic hydroxyl groups is 2. The Balaban J connectivity index is -0.000000343. The highest BCUT2D eigenvalue weighted by Crippen LogP contribution is 2.74. The highest BCUT2D eigenvalue weighted by atomic mass is 31.2. The zero-order valence-electron chi connectivity index (χ0n) is 34.6. The van der Waals surface area contributed by atoms with E-state index in [0.717, 1.165) is 0 Å². The summed E-state index contributed by atoms with van der Waals surface area (Å²) in [7, 11) is -23.1. The summed E-state index contributed by atoms with van der Waals surface area (Å²) in [5.41, 5.74) is -0.430. The molecule has 0 amide bonds. The number of carbonyl (C=O) groups is 3. The summed E-state index contributed by atoms with van der Waals surface area (Å²) in [6, 6.07) is 0. The third kappa shape index (κ3) is 17.3. The molecule has 1 rings (SSSR count). The van der Waals surface area contributed by atoms with Crippen molar-refractivity contribution in [2.75, 3.05) is 66.5 Å². The predicted molar refractivity (Wildman–Crippen MR) is 225 cm³/mol. The lowest BCUT2D eigenvalue weighted by Crippen LogP contribution is -2.30. The van der Waals surface area contributed by atoms with Crippen molar-refractivity contribution >= 4 is 70.5 Å². The fraction of sp³-hybridized carbons (Fsp3) is 0.700. The zero-order chi connectivity index (χ0) is 45.2. The van der Waals surface area contributed by atoms with Gasteiger partial charge < -0.3 is 67.7 Å². The van der Waals surface area contributed by atoms with Crippen LogP contribution in [0.4, 0.5) is 0 Å². The van der Waals surface area contributed by atoms with Gasteiger partial charge in [0.25, 0.3) is 0 Å². The molecule has 19 nitrogen and oxygen atoms in total. The van der Waals surface area contributed by atoms with Crippen molar-refractivity contribution in [1.82, 2.24) is 0 Å². The van der Waals surface area contributed by atoms with Crippen molar-refractivity contribution in [2.45, 2.75) is 68.0 Å². The first-order chi connectivity index (χ1) is 24.0. The standard InChI is InChI=1S/2C11H22O5P2.C5H8O8P2.C3H10Si.H2O/c2*1-7-16-10(12)9(2)8-11(13,17(3,4)14)18(5,6)15;1-3-2-5(13-4(3)6,14(7,8)9)15(10,11)12;1-4(2)3;/h2*13H,2,7-8H2,1,3-6H3;1-2H2,(H2,7,8,9)(H2,10,11,12);4H,1-3H3;1H2/p+1. The van der Waals surface area contributed by atoms with Crippen LogP contribution in [0.15, 0.2) is 36.5 Å². The van der Waals surface area contributed by atoms with Gasteiger partial charge in [-0.15, -0.1) is 0 Å². The Morgan fingerprint density at radius 3 is 1.05 bits per heavy atom. The molecule has 1 aliphatic rings. The number of esters is 3. The van der Waals surface area contributed by atoms with Crippen molar-refractivity contribution in [1.29, 1.82) is 0 Å². The fourth-order valence-electron chi connectivity index (χ4n) is 4.21. The van der Waals surface area contributed by atoms with Gasteiger partial charge >= 0.3 is 38.2 Å². The van der Waals surface area contributed by atoms with Crippen LogP contribution in [0.25, 0.3) is 0 Å². The third-order valence-electron chi connectivity index (χ3n) is 7.38. The number of carbonyl (C=O) groups excluding carboxylic acids is 3. The summed E-state index contributed by atoms with van der Waals surface area (Å²) in [5, 5.41) is 14.0. The lowest BCUT2D eigenvalue weighted by molar-refractivity contribution is -0.139. The molecule has 26 heteroatoms. The van der Waals surface area contributed by atoms with E-state index in [2.05, 4.69) is 44.1 Å². The predicted octanol–water partition coefficient (Wildman–Crippen LogP) is 4.45. The molecule has 0 atom stereocenters. The molecule has 1 aliphatic heterocycles. The average Bonchev–Trinajstić information content (AvgIpc) is 3.26. The van der Waals surface area contributed by atoms with Crippen LogP contribution in [0, 0.1) is 0 Å². The summed E-state index contributed by atoms with van der Waals surface area (Å²) in [6.45, 7) is 31.5. The molecule has 0 aromatic rings. The van der Waals surface area contributed by atoms with Crippen molar-refractivity contribution < 1.29 is 91.2 Å². The molecule has 0 bridgehead atoms. The minimum atomic E-state index is -5.31. The molecule has 0 aromatic heterocycles. The van der Waals surface area contributed by atoms with E-state index in [1.807, 2.05) is 0 Å². The maximum Gasteiger partial charge on any atom is 0.381 e. The minimum absolute atomic E-state index is 0. The van der Waals surface area contributed by atoms with Crippen molar-refractivity contribution in [3.63, 3.8) is 0 Å². The summed E-state index contributed by atoms with van der Waals surface area (Å²) in [4.78, 5) is 69.2. The van der Waals surface area contributed by atoms with Gasteiger partial charge in [0.05, 0.1) is 13.2 Å². The second-order valence-electron chi connectivity index (χ2n) is 14.7. The second-order valence-corrected chi connectivity index (χ2v) is 36.6. The fourth-order valence-corrected chi connectivity index (χ4v) is 18.3. The van der Waals surface area contributed by atoms with E-state index < -0.39 is 83.3 Å². The Morgan fingerprint density at radius 2 is 0.929 bits per heavy atom. The number of rotatable bonds is 14. The van der Waals surface area contributed by atoms with E-state index in [4.69, 9.17) is 29.0 Å². The normalized spacial score (nSPS) is 14.9. The molecule has 0 unspecified atom stereocenters. The van der Waals surface area contributed by atoms with Crippen LogP contribution in [-0.4, -0.2) is 138 Å². The van der Waals surface area contributed by atoms with E-state index >= 15 is 0 Å². The third-order valence-corrected chi connectivity index (χ3v) is 24.6. The molecule has 9 N–H and O–H groups in total. The Labute approximate surface area is 331 Å². The molecule has 1 saturated heterocycles. The molecule has 56 heavy (non-hydrogen) atoms. The molecular formula is C30H65O19P6Si+. The van der Waals surface area contributed by atoms with E-state index in [1.165, 1.54) is 53.3 Å². The van der Waals surface area contributed by atoms with E-state index in [-0.39, 0.29) is 57.0 Å². The first kappa shape index (κ1) is 61.6. The van der Waals surface area contributed by atoms with Gasteiger partial charge in [-0.2, -0.15) is 0 Å². The number of hydrogen-bond acceptors (Lipinski definition) is 14. The van der Waals surface area contributed by atoms with Crippen LogP contribution in [0.2, 0.25) is 19.6 Å². The minimum Gasteiger partial charge on any atom is -0.463 e. The lowest BCUT2D eigenvalue weighted by atomic mass is 10.2. The van der Waals surface area contributed by atoms with Crippen LogP contribution in [0.5, 0.6) is 0 Å². The quantitative estimate of drug-likeness (QED) is 0.0350. The van der Waals surface area contributed by atoms with Crippen LogP contribution >= 0.6 is 43.8 Å². The van der Waals surface area contributed by atoms with Gasteiger partial charge in [-0.05, 0) is 67.2 Å². The van der Waals surface area contributed by atoms with Crippen LogP contribution in [0.3, 0.4) is 0 Å². The topological polar surface area (TPSA) is 336 Å². The van der Waals surface area contributed by atoms with E-state index in [0.29, 0.717) is 0 Å². The van der Waals surface area contributed by atoms with Gasteiger partial charge in [-0.1, -0.05) is 39.4 Å². The van der Waals surface area contributed by atoms with Crippen LogP contribution in [-0.2, 0) is 61.5 Å². The SMILES string of the molecule is C=C(CC(O)(P(C)(C)=O)P(C)(C)=O)C(=O)OCC.C=C(CC(O)(P(C)(C)=O)P(C)(C)=O)C(=O)OCC.C=C1CC(P(=O)(O)O)(P(=O)(O)O)OC1=O.C[SiH](C)C.[OH3+]. The average molecular weight is 944 g/mol.